The van der Waals surface area contributed by atoms with Gasteiger partial charge in [0.2, 0.25) is 21.8 Å². The van der Waals surface area contributed by atoms with Crippen molar-refractivity contribution in [2.75, 3.05) is 55.3 Å². The summed E-state index contributed by atoms with van der Waals surface area (Å²) in [5.41, 5.74) is 1.06. The normalized spacial score (nSPS) is 14.8. The fourth-order valence-corrected chi connectivity index (χ4v) is 4.24. The number of likely N-dealkylation sites (N-methyl/N-ethyl adjacent to an activating group) is 1. The Morgan fingerprint density at radius 3 is 2.22 bits per heavy atom. The molecule has 2 amide bonds. The van der Waals surface area contributed by atoms with Crippen LogP contribution in [0.1, 0.15) is 13.3 Å². The Bertz CT molecular complexity index is 1030. The van der Waals surface area contributed by atoms with Crippen LogP contribution in [0.3, 0.4) is 0 Å². The average Bonchev–Trinajstić information content (AvgIpc) is 2.75. The van der Waals surface area contributed by atoms with Crippen LogP contribution in [0.15, 0.2) is 47.5 Å². The fourth-order valence-electron chi connectivity index (χ4n) is 3.21. The molecule has 1 aromatic carbocycles. The molecule has 1 aliphatic heterocycles. The number of piperazine rings is 1. The Morgan fingerprint density at radius 2 is 1.62 bits per heavy atom. The predicted octanol–water partition coefficient (Wildman–Crippen LogP) is 1.10. The van der Waals surface area contributed by atoms with E-state index in [1.54, 1.807) is 12.3 Å². The van der Waals surface area contributed by atoms with Crippen LogP contribution in [-0.2, 0) is 19.6 Å². The number of amides is 2. The van der Waals surface area contributed by atoms with E-state index in [0.717, 1.165) is 32.0 Å². The van der Waals surface area contributed by atoms with Crippen LogP contribution in [0.4, 0.5) is 17.2 Å². The van der Waals surface area contributed by atoms with Crippen molar-refractivity contribution in [1.82, 2.24) is 14.6 Å². The zero-order valence-electron chi connectivity index (χ0n) is 18.2. The van der Waals surface area contributed by atoms with Gasteiger partial charge in [-0.25, -0.2) is 18.1 Å². The zero-order chi connectivity index (χ0) is 23.1. The van der Waals surface area contributed by atoms with Crippen LogP contribution < -0.4 is 20.3 Å². The van der Waals surface area contributed by atoms with Gasteiger partial charge in [-0.15, -0.1) is 0 Å². The molecule has 0 saturated carbocycles. The molecule has 2 heterocycles. The fraction of sp³-hybridized carbons (Fsp3) is 0.381. The molecular formula is C21H28N6O4S. The van der Waals surface area contributed by atoms with Crippen molar-refractivity contribution >= 4 is 39.0 Å². The van der Waals surface area contributed by atoms with Crippen molar-refractivity contribution in [1.29, 1.82) is 0 Å². The molecule has 11 heteroatoms. The molecule has 1 fully saturated rings. The van der Waals surface area contributed by atoms with Crippen molar-refractivity contribution in [2.45, 2.75) is 18.2 Å². The lowest BCUT2D eigenvalue weighted by Gasteiger charge is -2.33. The van der Waals surface area contributed by atoms with E-state index in [2.05, 4.69) is 37.2 Å². The first kappa shape index (κ1) is 23.6. The van der Waals surface area contributed by atoms with Crippen LogP contribution >= 0.6 is 0 Å². The van der Waals surface area contributed by atoms with Crippen LogP contribution in [0.25, 0.3) is 0 Å². The number of carbonyl (C=O) groups is 2. The van der Waals surface area contributed by atoms with Gasteiger partial charge in [0.25, 0.3) is 0 Å². The highest BCUT2D eigenvalue weighted by Crippen LogP contribution is 2.16. The molecule has 2 aromatic rings. The molecule has 3 N–H and O–H groups in total. The Balaban J connectivity index is 1.45. The summed E-state index contributed by atoms with van der Waals surface area (Å²) in [5, 5.41) is 5.30. The molecule has 0 atom stereocenters. The van der Waals surface area contributed by atoms with Gasteiger partial charge in [-0.2, -0.15) is 0 Å². The van der Waals surface area contributed by atoms with Gasteiger partial charge in [-0.1, -0.05) is 0 Å². The third-order valence-electron chi connectivity index (χ3n) is 4.99. The largest absolute Gasteiger partial charge is 0.354 e. The second-order valence-electron chi connectivity index (χ2n) is 7.60. The molecule has 0 aliphatic carbocycles. The number of nitrogens with one attached hydrogen (secondary N) is 3. The van der Waals surface area contributed by atoms with Gasteiger partial charge in [0.15, 0.2) is 0 Å². The third kappa shape index (κ3) is 6.74. The number of rotatable bonds is 8. The van der Waals surface area contributed by atoms with E-state index in [1.165, 1.54) is 31.2 Å². The Hall–Kier alpha value is -3.02. The summed E-state index contributed by atoms with van der Waals surface area (Å²) in [6.45, 7) is 5.10. The van der Waals surface area contributed by atoms with Gasteiger partial charge in [-0.05, 0) is 43.4 Å². The molecular weight excluding hydrogens is 432 g/mol. The molecule has 1 saturated heterocycles. The minimum Gasteiger partial charge on any atom is -0.354 e. The Kier molecular flexibility index (Phi) is 7.78. The molecule has 3 rings (SSSR count). The molecule has 0 radical (unpaired) electrons. The predicted molar refractivity (Wildman–Crippen MR) is 123 cm³/mol. The number of benzene rings is 1. The lowest BCUT2D eigenvalue weighted by atomic mass is 10.3. The summed E-state index contributed by atoms with van der Waals surface area (Å²) < 4.78 is 27.1. The molecule has 1 aliphatic rings. The number of pyridine rings is 1. The summed E-state index contributed by atoms with van der Waals surface area (Å²) >= 11 is 0. The number of hydrogen-bond donors (Lipinski definition) is 3. The highest BCUT2D eigenvalue weighted by molar-refractivity contribution is 7.89. The number of carbonyl (C=O) groups excluding carboxylic acids is 2. The maximum Gasteiger partial charge on any atom is 0.240 e. The lowest BCUT2D eigenvalue weighted by molar-refractivity contribution is -0.116. The summed E-state index contributed by atoms with van der Waals surface area (Å²) in [7, 11) is -1.67. The van der Waals surface area contributed by atoms with Gasteiger partial charge >= 0.3 is 0 Å². The van der Waals surface area contributed by atoms with Crippen LogP contribution in [0, 0.1) is 0 Å². The van der Waals surface area contributed by atoms with Gasteiger partial charge in [0.1, 0.15) is 5.82 Å². The maximum atomic E-state index is 12.4. The van der Waals surface area contributed by atoms with Crippen LogP contribution in [-0.4, -0.2) is 69.9 Å². The number of anilines is 3. The molecule has 0 unspecified atom stereocenters. The molecule has 172 valence electrons. The first-order chi connectivity index (χ1) is 15.2. The van der Waals surface area contributed by atoms with Gasteiger partial charge in [0.05, 0.1) is 16.8 Å². The van der Waals surface area contributed by atoms with Gasteiger partial charge in [0, 0.05) is 51.8 Å². The van der Waals surface area contributed by atoms with Crippen molar-refractivity contribution in [3.63, 3.8) is 0 Å². The monoisotopic (exact) mass is 460 g/mol. The topological polar surface area (TPSA) is 124 Å². The van der Waals surface area contributed by atoms with Crippen LogP contribution in [0.2, 0.25) is 0 Å². The number of sulfonamides is 1. The lowest BCUT2D eigenvalue weighted by Crippen LogP contribution is -2.44. The minimum absolute atomic E-state index is 0.0244. The van der Waals surface area contributed by atoms with Crippen molar-refractivity contribution in [2.24, 2.45) is 0 Å². The first-order valence-electron chi connectivity index (χ1n) is 10.3. The summed E-state index contributed by atoms with van der Waals surface area (Å²) in [4.78, 5) is 32.2. The highest BCUT2D eigenvalue weighted by Gasteiger charge is 2.16. The smallest absolute Gasteiger partial charge is 0.240 e. The second kappa shape index (κ2) is 10.5. The van der Waals surface area contributed by atoms with Crippen molar-refractivity contribution < 1.29 is 18.0 Å². The molecule has 0 bridgehead atoms. The van der Waals surface area contributed by atoms with Gasteiger partial charge in [-0.3, -0.25) is 9.59 Å². The minimum atomic E-state index is -3.76. The Labute approximate surface area is 188 Å². The van der Waals surface area contributed by atoms with Gasteiger partial charge < -0.3 is 20.4 Å². The first-order valence-corrected chi connectivity index (χ1v) is 11.8. The third-order valence-corrected chi connectivity index (χ3v) is 6.46. The SMILES string of the molecule is CC(=O)Nc1ccc(S(=O)(=O)NCCC(=O)Nc2ccc(N3CCN(C)CC3)nc2)cc1. The molecule has 0 spiro atoms. The summed E-state index contributed by atoms with van der Waals surface area (Å²) in [6, 6.07) is 9.44. The molecule has 10 nitrogen and oxygen atoms in total. The van der Waals surface area contributed by atoms with E-state index in [9.17, 15) is 18.0 Å². The van der Waals surface area contributed by atoms with E-state index in [0.29, 0.717) is 11.4 Å². The second-order valence-corrected chi connectivity index (χ2v) is 9.36. The summed E-state index contributed by atoms with van der Waals surface area (Å²) in [5.74, 6) is 0.310. The molecule has 32 heavy (non-hydrogen) atoms. The quantitative estimate of drug-likeness (QED) is 0.539. The number of aromatic nitrogens is 1. The number of nitrogens with zero attached hydrogens (tertiary/aromatic N) is 3. The van der Waals surface area contributed by atoms with E-state index >= 15 is 0 Å². The average molecular weight is 461 g/mol. The van der Waals surface area contributed by atoms with Crippen LogP contribution in [0.5, 0.6) is 0 Å². The highest BCUT2D eigenvalue weighted by atomic mass is 32.2. The van der Waals surface area contributed by atoms with E-state index in [-0.39, 0.29) is 29.7 Å². The summed E-state index contributed by atoms with van der Waals surface area (Å²) in [6.07, 6.45) is 1.58. The Morgan fingerprint density at radius 1 is 0.969 bits per heavy atom. The van der Waals surface area contributed by atoms with Crippen molar-refractivity contribution in [3.8, 4) is 0 Å². The zero-order valence-corrected chi connectivity index (χ0v) is 19.0. The standard InChI is InChI=1S/C21H28N6O4S/c1-16(28)24-17-3-6-19(7-4-17)32(30,31)23-10-9-21(29)25-18-5-8-20(22-15-18)27-13-11-26(2)12-14-27/h3-8,15,23H,9-14H2,1-2H3,(H,24,28)(H,25,29). The number of hydrogen-bond acceptors (Lipinski definition) is 7. The van der Waals surface area contributed by atoms with E-state index < -0.39 is 10.0 Å². The maximum absolute atomic E-state index is 12.4. The van der Waals surface area contributed by atoms with E-state index in [1.807, 2.05) is 6.07 Å². The van der Waals surface area contributed by atoms with E-state index in [4.69, 9.17) is 0 Å². The van der Waals surface area contributed by atoms with Crippen molar-refractivity contribution in [3.05, 3.63) is 42.6 Å². The molecule has 1 aromatic heterocycles.